The number of aliphatic carboxylic acids is 1. The van der Waals surface area contributed by atoms with Gasteiger partial charge in [0.1, 0.15) is 12.6 Å². The van der Waals surface area contributed by atoms with Crippen LogP contribution >= 0.6 is 0 Å². The van der Waals surface area contributed by atoms with E-state index in [1.165, 1.54) is 0 Å². The number of rotatable bonds is 6. The molecule has 0 saturated carbocycles. The minimum absolute atomic E-state index is 0.0573. The number of carbonyl (C=O) groups is 3. The highest BCUT2D eigenvalue weighted by molar-refractivity contribution is 5.89. The van der Waals surface area contributed by atoms with Gasteiger partial charge in [0.25, 0.3) is 0 Å². The summed E-state index contributed by atoms with van der Waals surface area (Å²) in [5, 5.41) is 12.0. The molecule has 0 bridgehead atoms. The fourth-order valence-electron chi connectivity index (χ4n) is 6.05. The summed E-state index contributed by atoms with van der Waals surface area (Å²) in [4.78, 5) is 41.7. The number of piperidine rings is 1. The van der Waals surface area contributed by atoms with Gasteiger partial charge < -0.3 is 25.0 Å². The van der Waals surface area contributed by atoms with Crippen LogP contribution in [0.5, 0.6) is 0 Å². The van der Waals surface area contributed by atoms with Gasteiger partial charge >= 0.3 is 12.1 Å². The molecule has 8 heteroatoms. The zero-order valence-electron chi connectivity index (χ0n) is 19.9. The number of hydrogen-bond donors (Lipinski definition) is 2. The highest BCUT2D eigenvalue weighted by Gasteiger charge is 2.43. The number of fused-ring (bicyclic) bond motifs is 4. The number of nitrogens with zero attached hydrogens (tertiary/aromatic N) is 2. The number of likely N-dealkylation sites (N-methyl/N-ethyl adjacent to an activating group) is 1. The van der Waals surface area contributed by atoms with E-state index in [9.17, 15) is 19.5 Å². The molecule has 8 nitrogen and oxygen atoms in total. The second-order valence-electron chi connectivity index (χ2n) is 9.70. The first-order chi connectivity index (χ1) is 16.9. The van der Waals surface area contributed by atoms with Gasteiger partial charge in [-0.1, -0.05) is 48.5 Å². The molecule has 5 rings (SSSR count). The molecule has 2 heterocycles. The molecule has 1 aliphatic carbocycles. The van der Waals surface area contributed by atoms with E-state index in [2.05, 4.69) is 29.4 Å². The topological polar surface area (TPSA) is 99.2 Å². The third-order valence-corrected chi connectivity index (χ3v) is 7.68. The second kappa shape index (κ2) is 9.70. The fraction of sp³-hybridized carbons (Fsp3) is 0.444. The number of likely N-dealkylation sites (tertiary alicyclic amines) is 2. The molecule has 2 fully saturated rings. The smallest absolute Gasteiger partial charge is 0.407 e. The molecule has 3 unspecified atom stereocenters. The molecule has 184 valence electrons. The summed E-state index contributed by atoms with van der Waals surface area (Å²) in [5.41, 5.74) is 4.42. The Bertz CT molecular complexity index is 1090. The summed E-state index contributed by atoms with van der Waals surface area (Å²) in [7, 11) is 2.06. The quantitative estimate of drug-likeness (QED) is 0.664. The molecule has 2 aromatic rings. The molecule has 2 amide bonds. The van der Waals surface area contributed by atoms with Gasteiger partial charge in [-0.3, -0.25) is 9.59 Å². The zero-order chi connectivity index (χ0) is 24.5. The van der Waals surface area contributed by atoms with Gasteiger partial charge in [-0.2, -0.15) is 0 Å². The fourth-order valence-corrected chi connectivity index (χ4v) is 6.05. The first-order valence-electron chi connectivity index (χ1n) is 12.3. The van der Waals surface area contributed by atoms with Gasteiger partial charge in [0.2, 0.25) is 5.91 Å². The molecule has 0 aromatic heterocycles. The van der Waals surface area contributed by atoms with Crippen LogP contribution in [-0.2, 0) is 14.3 Å². The van der Waals surface area contributed by atoms with E-state index in [0.717, 1.165) is 48.1 Å². The molecule has 3 atom stereocenters. The van der Waals surface area contributed by atoms with Crippen LogP contribution in [0.25, 0.3) is 11.1 Å². The van der Waals surface area contributed by atoms with Crippen LogP contribution in [-0.4, -0.2) is 77.7 Å². The predicted molar refractivity (Wildman–Crippen MR) is 130 cm³/mol. The van der Waals surface area contributed by atoms with Gasteiger partial charge in [0.15, 0.2) is 0 Å². The van der Waals surface area contributed by atoms with Crippen molar-refractivity contribution < 1.29 is 24.2 Å². The van der Waals surface area contributed by atoms with Gasteiger partial charge in [-0.15, -0.1) is 0 Å². The first kappa shape index (κ1) is 23.4. The largest absolute Gasteiger partial charge is 0.481 e. The third kappa shape index (κ3) is 4.50. The van der Waals surface area contributed by atoms with Crippen LogP contribution < -0.4 is 5.32 Å². The number of carbonyl (C=O) groups excluding carboxylic acids is 2. The van der Waals surface area contributed by atoms with Gasteiger partial charge in [0, 0.05) is 24.5 Å². The Morgan fingerprint density at radius 1 is 1.00 bits per heavy atom. The molecule has 35 heavy (non-hydrogen) atoms. The molecule has 2 aliphatic heterocycles. The number of amides is 2. The molecule has 2 saturated heterocycles. The minimum atomic E-state index is -1.16. The van der Waals surface area contributed by atoms with Crippen molar-refractivity contribution in [1.29, 1.82) is 0 Å². The second-order valence-corrected chi connectivity index (χ2v) is 9.70. The van der Waals surface area contributed by atoms with Gasteiger partial charge in [-0.25, -0.2) is 4.79 Å². The van der Waals surface area contributed by atoms with Crippen LogP contribution in [0.2, 0.25) is 0 Å². The Labute approximate surface area is 204 Å². The standard InChI is InChI=1S/C27H31N3O5/c1-29-13-6-11-24-23(29)12-14-30(24)26(33)22(15-25(31)32)28-27(34)35-16-21-19-9-4-2-7-17(19)18-8-3-5-10-20(18)21/h2-5,7-10,21-24H,6,11-16H2,1H3,(H,28,34)(H,31,32). The van der Waals surface area contributed by atoms with Crippen molar-refractivity contribution in [3.63, 3.8) is 0 Å². The Hall–Kier alpha value is -3.39. The molecular weight excluding hydrogens is 446 g/mol. The third-order valence-electron chi connectivity index (χ3n) is 7.68. The molecule has 2 N–H and O–H groups in total. The lowest BCUT2D eigenvalue weighted by Crippen LogP contribution is -2.55. The number of benzene rings is 2. The van der Waals surface area contributed by atoms with Crippen molar-refractivity contribution in [2.24, 2.45) is 0 Å². The maximum absolute atomic E-state index is 13.3. The van der Waals surface area contributed by atoms with Crippen LogP contribution in [0, 0.1) is 0 Å². The van der Waals surface area contributed by atoms with Crippen molar-refractivity contribution in [2.45, 2.75) is 49.7 Å². The van der Waals surface area contributed by atoms with Crippen molar-refractivity contribution >= 4 is 18.0 Å². The van der Waals surface area contributed by atoms with E-state index in [4.69, 9.17) is 4.74 Å². The summed E-state index contributed by atoms with van der Waals surface area (Å²) in [6.45, 7) is 1.67. The average Bonchev–Trinajstić information content (AvgIpc) is 3.42. The molecular formula is C27H31N3O5. The summed E-state index contributed by atoms with van der Waals surface area (Å²) in [6.07, 6.45) is 1.49. The first-order valence-corrected chi connectivity index (χ1v) is 12.3. The van der Waals surface area contributed by atoms with E-state index in [0.29, 0.717) is 6.54 Å². The van der Waals surface area contributed by atoms with Crippen LogP contribution in [0.4, 0.5) is 4.79 Å². The zero-order valence-corrected chi connectivity index (χ0v) is 19.9. The lowest BCUT2D eigenvalue weighted by Gasteiger charge is -2.38. The Kier molecular flexibility index (Phi) is 6.47. The summed E-state index contributed by atoms with van der Waals surface area (Å²) in [6, 6.07) is 15.3. The maximum atomic E-state index is 13.3. The number of alkyl carbamates (subject to hydrolysis) is 1. The summed E-state index contributed by atoms with van der Waals surface area (Å²) < 4.78 is 5.57. The van der Waals surface area contributed by atoms with E-state index >= 15 is 0 Å². The Balaban J connectivity index is 1.26. The van der Waals surface area contributed by atoms with Gasteiger partial charge in [0.05, 0.1) is 6.42 Å². The number of carboxylic acid groups (broad SMARTS) is 1. The number of carboxylic acids is 1. The van der Waals surface area contributed by atoms with E-state index in [1.54, 1.807) is 4.90 Å². The van der Waals surface area contributed by atoms with Crippen LogP contribution in [0.3, 0.4) is 0 Å². The lowest BCUT2D eigenvalue weighted by atomic mass is 9.97. The summed E-state index contributed by atoms with van der Waals surface area (Å²) >= 11 is 0. The van der Waals surface area contributed by atoms with Crippen LogP contribution in [0.15, 0.2) is 48.5 Å². The Morgan fingerprint density at radius 3 is 2.31 bits per heavy atom. The van der Waals surface area contributed by atoms with Gasteiger partial charge in [-0.05, 0) is 55.1 Å². The SMILES string of the molecule is CN1CCCC2C1CCN2C(=O)C(CC(=O)O)NC(=O)OCC1c2ccccc2-c2ccccc21. The number of hydrogen-bond acceptors (Lipinski definition) is 5. The normalized spacial score (nSPS) is 22.1. The van der Waals surface area contributed by atoms with Crippen LogP contribution in [0.1, 0.15) is 42.7 Å². The van der Waals surface area contributed by atoms with Crippen molar-refractivity contribution in [3.05, 3.63) is 59.7 Å². The minimum Gasteiger partial charge on any atom is -0.481 e. The highest BCUT2D eigenvalue weighted by atomic mass is 16.5. The monoisotopic (exact) mass is 477 g/mol. The van der Waals surface area contributed by atoms with E-state index in [1.807, 2.05) is 36.4 Å². The number of nitrogens with one attached hydrogen (secondary N) is 1. The Morgan fingerprint density at radius 2 is 1.66 bits per heavy atom. The molecule has 0 radical (unpaired) electrons. The molecule has 2 aromatic carbocycles. The van der Waals surface area contributed by atoms with Crippen molar-refractivity contribution in [1.82, 2.24) is 15.1 Å². The van der Waals surface area contributed by atoms with E-state index in [-0.39, 0.29) is 30.5 Å². The maximum Gasteiger partial charge on any atom is 0.407 e. The molecule has 0 spiro atoms. The highest BCUT2D eigenvalue weighted by Crippen LogP contribution is 2.44. The van der Waals surface area contributed by atoms with E-state index < -0.39 is 24.5 Å². The van der Waals surface area contributed by atoms with Crippen molar-refractivity contribution in [2.75, 3.05) is 26.7 Å². The number of ether oxygens (including phenoxy) is 1. The molecule has 3 aliphatic rings. The lowest BCUT2D eigenvalue weighted by molar-refractivity contribution is -0.143. The average molecular weight is 478 g/mol. The summed E-state index contributed by atoms with van der Waals surface area (Å²) in [5.74, 6) is -1.60. The predicted octanol–water partition coefficient (Wildman–Crippen LogP) is 3.06. The van der Waals surface area contributed by atoms with Crippen molar-refractivity contribution in [3.8, 4) is 11.1 Å².